The molecule has 0 spiro atoms. The van der Waals surface area contributed by atoms with Crippen molar-refractivity contribution in [3.8, 4) is 0 Å². The zero-order valence-corrected chi connectivity index (χ0v) is 18.7. The lowest BCUT2D eigenvalue weighted by molar-refractivity contribution is 0.0950. The maximum atomic E-state index is 12.9. The maximum absolute atomic E-state index is 12.9. The van der Waals surface area contributed by atoms with Gasteiger partial charge in [-0.1, -0.05) is 24.6 Å². The van der Waals surface area contributed by atoms with Crippen LogP contribution in [0.25, 0.3) is 0 Å². The van der Waals surface area contributed by atoms with Crippen molar-refractivity contribution in [3.05, 3.63) is 59.7 Å². The lowest BCUT2D eigenvalue weighted by atomic mass is 10.1. The lowest BCUT2D eigenvalue weighted by Crippen LogP contribution is -2.35. The quantitative estimate of drug-likeness (QED) is 0.741. The third kappa shape index (κ3) is 5.28. The van der Waals surface area contributed by atoms with Gasteiger partial charge in [0.05, 0.1) is 4.90 Å². The number of rotatable bonds is 6. The summed E-state index contributed by atoms with van der Waals surface area (Å²) in [6.07, 6.45) is 6.62. The Morgan fingerprint density at radius 2 is 1.48 bits per heavy atom. The zero-order valence-electron chi connectivity index (χ0n) is 17.9. The third-order valence-electron chi connectivity index (χ3n) is 6.16. The van der Waals surface area contributed by atoms with Crippen LogP contribution < -0.4 is 10.2 Å². The molecule has 166 valence electrons. The summed E-state index contributed by atoms with van der Waals surface area (Å²) in [6.45, 7) is 3.71. The third-order valence-corrected chi connectivity index (χ3v) is 8.05. The van der Waals surface area contributed by atoms with Crippen molar-refractivity contribution < 1.29 is 13.2 Å². The highest BCUT2D eigenvalue weighted by atomic mass is 32.2. The molecule has 7 heteroatoms. The molecule has 2 aromatic carbocycles. The fourth-order valence-corrected chi connectivity index (χ4v) is 5.88. The van der Waals surface area contributed by atoms with Gasteiger partial charge in [0.15, 0.2) is 0 Å². The summed E-state index contributed by atoms with van der Waals surface area (Å²) in [5.41, 5.74) is 2.61. The Balaban J connectivity index is 1.38. The molecule has 0 aromatic heterocycles. The molecule has 0 radical (unpaired) electrons. The first-order chi connectivity index (χ1) is 15.0. The minimum absolute atomic E-state index is 0.188. The molecule has 2 aliphatic rings. The molecular weight excluding hydrogens is 410 g/mol. The van der Waals surface area contributed by atoms with Crippen molar-refractivity contribution in [1.82, 2.24) is 9.62 Å². The Morgan fingerprint density at radius 3 is 2.16 bits per heavy atom. The van der Waals surface area contributed by atoms with Crippen LogP contribution in [0.4, 0.5) is 5.69 Å². The van der Waals surface area contributed by atoms with E-state index in [-0.39, 0.29) is 10.8 Å². The predicted octanol–water partition coefficient (Wildman–Crippen LogP) is 3.78. The number of amides is 1. The van der Waals surface area contributed by atoms with E-state index in [1.54, 1.807) is 18.2 Å². The van der Waals surface area contributed by atoms with Gasteiger partial charge in [-0.2, -0.15) is 4.31 Å². The van der Waals surface area contributed by atoms with Crippen LogP contribution in [0.3, 0.4) is 0 Å². The van der Waals surface area contributed by atoms with Gasteiger partial charge in [-0.25, -0.2) is 8.42 Å². The number of carbonyl (C=O) groups excluding carboxylic acids is 1. The monoisotopic (exact) mass is 441 g/mol. The number of hydrogen-bond donors (Lipinski definition) is 1. The van der Waals surface area contributed by atoms with Gasteiger partial charge in [0.1, 0.15) is 0 Å². The van der Waals surface area contributed by atoms with E-state index in [4.69, 9.17) is 0 Å². The molecule has 31 heavy (non-hydrogen) atoms. The molecule has 2 heterocycles. The number of carbonyl (C=O) groups is 1. The number of nitrogens with one attached hydrogen (secondary N) is 1. The van der Waals surface area contributed by atoms with E-state index in [1.165, 1.54) is 35.3 Å². The summed E-state index contributed by atoms with van der Waals surface area (Å²) in [5, 5.41) is 2.91. The SMILES string of the molecule is O=C(NCc1ccc(N2CCCCC2)cc1)c1cccc(S(=O)(=O)N2CCCCC2)c1. The Hall–Kier alpha value is -2.38. The second-order valence-corrected chi connectivity index (χ2v) is 10.3. The van der Waals surface area contributed by atoms with Crippen molar-refractivity contribution >= 4 is 21.6 Å². The molecule has 2 aliphatic heterocycles. The van der Waals surface area contributed by atoms with Crippen LogP contribution in [-0.4, -0.2) is 44.8 Å². The molecule has 2 fully saturated rings. The topological polar surface area (TPSA) is 69.7 Å². The van der Waals surface area contributed by atoms with E-state index in [0.717, 1.165) is 37.9 Å². The van der Waals surface area contributed by atoms with E-state index in [1.807, 2.05) is 12.1 Å². The van der Waals surface area contributed by atoms with Gasteiger partial charge < -0.3 is 10.2 Å². The molecule has 0 bridgehead atoms. The second kappa shape index (κ2) is 9.83. The van der Waals surface area contributed by atoms with Crippen molar-refractivity contribution in [3.63, 3.8) is 0 Å². The van der Waals surface area contributed by atoms with Gasteiger partial charge in [-0.15, -0.1) is 0 Å². The van der Waals surface area contributed by atoms with Crippen LogP contribution in [0, 0.1) is 0 Å². The number of benzene rings is 2. The molecule has 1 N–H and O–H groups in total. The molecule has 2 aromatic rings. The molecule has 0 atom stereocenters. The van der Waals surface area contributed by atoms with Gasteiger partial charge in [0.2, 0.25) is 10.0 Å². The van der Waals surface area contributed by atoms with Crippen LogP contribution in [-0.2, 0) is 16.6 Å². The molecule has 2 saturated heterocycles. The predicted molar refractivity (Wildman–Crippen MR) is 123 cm³/mol. The van der Waals surface area contributed by atoms with Crippen molar-refractivity contribution in [2.45, 2.75) is 50.0 Å². The van der Waals surface area contributed by atoms with E-state index >= 15 is 0 Å². The fraction of sp³-hybridized carbons (Fsp3) is 0.458. The average Bonchev–Trinajstić information content (AvgIpc) is 2.84. The minimum Gasteiger partial charge on any atom is -0.372 e. The van der Waals surface area contributed by atoms with Gasteiger partial charge in [-0.05, 0) is 68.0 Å². The maximum Gasteiger partial charge on any atom is 0.251 e. The number of piperidine rings is 2. The molecule has 0 saturated carbocycles. The minimum atomic E-state index is -3.55. The Kier molecular flexibility index (Phi) is 6.92. The molecule has 0 unspecified atom stereocenters. The summed E-state index contributed by atoms with van der Waals surface area (Å²) >= 11 is 0. The van der Waals surface area contributed by atoms with Gasteiger partial charge in [-0.3, -0.25) is 4.79 Å². The van der Waals surface area contributed by atoms with Crippen molar-refractivity contribution in [1.29, 1.82) is 0 Å². The zero-order chi connectivity index (χ0) is 21.7. The standard InChI is InChI=1S/C24H31N3O3S/c28-24(25-19-20-10-12-22(13-11-20)26-14-3-1-4-15-26)21-8-7-9-23(18-21)31(29,30)27-16-5-2-6-17-27/h7-13,18H,1-6,14-17,19H2,(H,25,28). The first-order valence-electron chi connectivity index (χ1n) is 11.3. The summed E-state index contributed by atoms with van der Waals surface area (Å²) in [7, 11) is -3.55. The number of anilines is 1. The van der Waals surface area contributed by atoms with E-state index in [2.05, 4.69) is 22.3 Å². The second-order valence-electron chi connectivity index (χ2n) is 8.39. The smallest absolute Gasteiger partial charge is 0.251 e. The highest BCUT2D eigenvalue weighted by Crippen LogP contribution is 2.22. The van der Waals surface area contributed by atoms with Gasteiger partial charge in [0, 0.05) is 44.0 Å². The average molecular weight is 442 g/mol. The summed E-state index contributed by atoms with van der Waals surface area (Å²) < 4.78 is 27.3. The Labute approximate surface area is 185 Å². The number of nitrogens with zero attached hydrogens (tertiary/aromatic N) is 2. The van der Waals surface area contributed by atoms with Gasteiger partial charge >= 0.3 is 0 Å². The first kappa shape index (κ1) is 21.8. The summed E-state index contributed by atoms with van der Waals surface area (Å²) in [5.74, 6) is -0.268. The van der Waals surface area contributed by atoms with Crippen LogP contribution in [0.15, 0.2) is 53.4 Å². The largest absolute Gasteiger partial charge is 0.372 e. The van der Waals surface area contributed by atoms with Crippen LogP contribution in [0.2, 0.25) is 0 Å². The summed E-state index contributed by atoms with van der Waals surface area (Å²) in [4.78, 5) is 15.3. The summed E-state index contributed by atoms with van der Waals surface area (Å²) in [6, 6.07) is 14.7. The van der Waals surface area contributed by atoms with Crippen molar-refractivity contribution in [2.24, 2.45) is 0 Å². The molecule has 6 nitrogen and oxygen atoms in total. The number of hydrogen-bond acceptors (Lipinski definition) is 4. The van der Waals surface area contributed by atoms with Crippen LogP contribution >= 0.6 is 0 Å². The van der Waals surface area contributed by atoms with E-state index in [0.29, 0.717) is 25.2 Å². The Morgan fingerprint density at radius 1 is 0.839 bits per heavy atom. The van der Waals surface area contributed by atoms with Crippen LogP contribution in [0.1, 0.15) is 54.4 Å². The molecule has 0 aliphatic carbocycles. The fourth-order valence-electron chi connectivity index (χ4n) is 4.31. The lowest BCUT2D eigenvalue weighted by Gasteiger charge is -2.28. The van der Waals surface area contributed by atoms with Crippen LogP contribution in [0.5, 0.6) is 0 Å². The molecular formula is C24H31N3O3S. The number of sulfonamides is 1. The highest BCUT2D eigenvalue weighted by Gasteiger charge is 2.26. The van der Waals surface area contributed by atoms with Gasteiger partial charge in [0.25, 0.3) is 5.91 Å². The highest BCUT2D eigenvalue weighted by molar-refractivity contribution is 7.89. The normalized spacial score (nSPS) is 18.0. The van der Waals surface area contributed by atoms with E-state index in [9.17, 15) is 13.2 Å². The first-order valence-corrected chi connectivity index (χ1v) is 12.7. The van der Waals surface area contributed by atoms with E-state index < -0.39 is 10.0 Å². The molecule has 4 rings (SSSR count). The van der Waals surface area contributed by atoms with Crippen molar-refractivity contribution in [2.75, 3.05) is 31.1 Å². The molecule has 1 amide bonds. The Bertz CT molecular complexity index is 993.